The highest BCUT2D eigenvalue weighted by molar-refractivity contribution is 7.19. The van der Waals surface area contributed by atoms with Gasteiger partial charge in [0.05, 0.1) is 16.5 Å². The summed E-state index contributed by atoms with van der Waals surface area (Å²) in [6.07, 6.45) is 2.79. The number of nitro groups is 1. The molecule has 7 nitrogen and oxygen atoms in total. The maximum absolute atomic E-state index is 13.1. The molecule has 29 heavy (non-hydrogen) atoms. The predicted octanol–water partition coefficient (Wildman–Crippen LogP) is 4.53. The number of nitro benzene ring substituents is 1. The second kappa shape index (κ2) is 7.40. The second-order valence-corrected chi connectivity index (χ2v) is 7.72. The largest absolute Gasteiger partial charge is 0.283 e. The van der Waals surface area contributed by atoms with Gasteiger partial charge in [-0.3, -0.25) is 14.9 Å². The summed E-state index contributed by atoms with van der Waals surface area (Å²) in [5, 5.41) is 15.8. The van der Waals surface area contributed by atoms with Gasteiger partial charge in [0.25, 0.3) is 11.2 Å². The minimum absolute atomic E-state index is 0.00898. The van der Waals surface area contributed by atoms with Crippen LogP contribution in [0.25, 0.3) is 21.3 Å². The Labute approximate surface area is 169 Å². The number of aromatic nitrogens is 2. The quantitative estimate of drug-likeness (QED) is 0.284. The first-order valence-corrected chi connectivity index (χ1v) is 9.63. The van der Waals surface area contributed by atoms with Crippen molar-refractivity contribution < 1.29 is 4.92 Å². The van der Waals surface area contributed by atoms with Crippen LogP contribution in [0.5, 0.6) is 0 Å². The van der Waals surface area contributed by atoms with E-state index in [4.69, 9.17) is 0 Å². The fourth-order valence-corrected chi connectivity index (χ4v) is 4.16. The average molecular weight is 404 g/mol. The molecular weight excluding hydrogens is 388 g/mol. The highest BCUT2D eigenvalue weighted by Gasteiger charge is 2.16. The predicted molar refractivity (Wildman–Crippen MR) is 115 cm³/mol. The van der Waals surface area contributed by atoms with Crippen LogP contribution in [0, 0.1) is 24.0 Å². The number of aryl methyl sites for hydroxylation is 2. The molecule has 8 heteroatoms. The van der Waals surface area contributed by atoms with E-state index in [0.29, 0.717) is 21.3 Å². The SMILES string of the molecule is Cc1ccc(/C=N\n2cnc3sc(C)c(-c4ccccc4)c3c2=O)cc1[N+](=O)[O-]. The van der Waals surface area contributed by atoms with Crippen molar-refractivity contribution in [2.75, 3.05) is 0 Å². The molecule has 2 aromatic heterocycles. The summed E-state index contributed by atoms with van der Waals surface area (Å²) in [5.41, 5.74) is 2.63. The molecule has 4 aromatic rings. The van der Waals surface area contributed by atoms with Gasteiger partial charge in [-0.15, -0.1) is 11.3 Å². The van der Waals surface area contributed by atoms with E-state index in [0.717, 1.165) is 20.7 Å². The molecule has 4 rings (SSSR count). The van der Waals surface area contributed by atoms with E-state index >= 15 is 0 Å². The Kier molecular flexibility index (Phi) is 4.77. The zero-order valence-corrected chi connectivity index (χ0v) is 16.5. The molecular formula is C21H16N4O3S. The highest BCUT2D eigenvalue weighted by atomic mass is 32.1. The molecule has 2 heterocycles. The van der Waals surface area contributed by atoms with Crippen LogP contribution in [0.3, 0.4) is 0 Å². The summed E-state index contributed by atoms with van der Waals surface area (Å²) in [4.78, 5) is 29.8. The summed E-state index contributed by atoms with van der Waals surface area (Å²) in [7, 11) is 0. The van der Waals surface area contributed by atoms with E-state index < -0.39 is 4.92 Å². The van der Waals surface area contributed by atoms with Gasteiger partial charge in [-0.25, -0.2) is 4.98 Å². The third-order valence-electron chi connectivity index (χ3n) is 4.60. The Hall–Kier alpha value is -3.65. The maximum Gasteiger partial charge on any atom is 0.283 e. The van der Waals surface area contributed by atoms with Crippen molar-refractivity contribution in [3.63, 3.8) is 0 Å². The zero-order valence-electron chi connectivity index (χ0n) is 15.7. The molecule has 0 aliphatic heterocycles. The summed E-state index contributed by atoms with van der Waals surface area (Å²) < 4.78 is 1.16. The number of benzene rings is 2. The normalized spacial score (nSPS) is 11.4. The van der Waals surface area contributed by atoms with Gasteiger partial charge in [0, 0.05) is 27.6 Å². The third kappa shape index (κ3) is 3.45. The van der Waals surface area contributed by atoms with Crippen LogP contribution in [-0.4, -0.2) is 20.8 Å². The van der Waals surface area contributed by atoms with Crippen molar-refractivity contribution in [3.8, 4) is 11.1 Å². The van der Waals surface area contributed by atoms with Gasteiger partial charge >= 0.3 is 0 Å². The first-order valence-electron chi connectivity index (χ1n) is 8.81. The molecule has 0 N–H and O–H groups in total. The smallest absolute Gasteiger partial charge is 0.267 e. The van der Waals surface area contributed by atoms with Gasteiger partial charge in [0.2, 0.25) is 0 Å². The standard InChI is InChI=1S/C21H16N4O3S/c1-13-8-9-15(10-17(13)25(27)28)11-23-24-12-22-20-19(21(24)26)18(14(2)29-20)16-6-4-3-5-7-16/h3-12H,1-2H3/b23-11-. The monoisotopic (exact) mass is 404 g/mol. The minimum atomic E-state index is -0.438. The van der Waals surface area contributed by atoms with Gasteiger partial charge < -0.3 is 0 Å². The summed E-state index contributed by atoms with van der Waals surface area (Å²) >= 11 is 1.47. The fourth-order valence-electron chi connectivity index (χ4n) is 3.16. The van der Waals surface area contributed by atoms with Gasteiger partial charge in [-0.1, -0.05) is 42.5 Å². The molecule has 0 aliphatic rings. The van der Waals surface area contributed by atoms with E-state index in [2.05, 4.69) is 10.1 Å². The van der Waals surface area contributed by atoms with Gasteiger partial charge in [-0.05, 0) is 19.4 Å². The summed E-state index contributed by atoms with van der Waals surface area (Å²) in [5.74, 6) is 0. The van der Waals surface area contributed by atoms with Crippen LogP contribution in [0.2, 0.25) is 0 Å². The van der Waals surface area contributed by atoms with E-state index in [1.807, 2.05) is 37.3 Å². The Morgan fingerprint density at radius 3 is 2.66 bits per heavy atom. The first kappa shape index (κ1) is 18.7. The van der Waals surface area contributed by atoms with E-state index in [1.165, 1.54) is 29.9 Å². The maximum atomic E-state index is 13.1. The number of rotatable bonds is 4. The lowest BCUT2D eigenvalue weighted by molar-refractivity contribution is -0.385. The van der Waals surface area contributed by atoms with Crippen LogP contribution in [0.1, 0.15) is 16.0 Å². The summed E-state index contributed by atoms with van der Waals surface area (Å²) in [6, 6.07) is 14.5. The molecule has 0 aliphatic carbocycles. The van der Waals surface area contributed by atoms with Gasteiger partial charge in [-0.2, -0.15) is 9.78 Å². The van der Waals surface area contributed by atoms with Crippen molar-refractivity contribution in [2.45, 2.75) is 13.8 Å². The molecule has 144 valence electrons. The Bertz CT molecular complexity index is 1320. The van der Waals surface area contributed by atoms with Crippen LogP contribution < -0.4 is 5.56 Å². The first-order chi connectivity index (χ1) is 14.0. The number of hydrogen-bond donors (Lipinski definition) is 0. The Morgan fingerprint density at radius 2 is 1.93 bits per heavy atom. The number of nitrogens with zero attached hydrogens (tertiary/aromatic N) is 4. The molecule has 0 saturated heterocycles. The zero-order chi connectivity index (χ0) is 20.5. The third-order valence-corrected chi connectivity index (χ3v) is 5.61. The fraction of sp³-hybridized carbons (Fsp3) is 0.0952. The van der Waals surface area contributed by atoms with Crippen LogP contribution in [0.4, 0.5) is 5.69 Å². The Morgan fingerprint density at radius 1 is 1.17 bits per heavy atom. The van der Waals surface area contributed by atoms with E-state index in [1.54, 1.807) is 19.1 Å². The molecule has 0 spiro atoms. The molecule has 2 aromatic carbocycles. The van der Waals surface area contributed by atoms with Crippen LogP contribution in [0.15, 0.2) is 64.8 Å². The van der Waals surface area contributed by atoms with Crippen molar-refractivity contribution in [1.82, 2.24) is 9.66 Å². The lowest BCUT2D eigenvalue weighted by atomic mass is 10.0. The van der Waals surface area contributed by atoms with E-state index in [-0.39, 0.29) is 11.2 Å². The van der Waals surface area contributed by atoms with Crippen molar-refractivity contribution >= 4 is 33.5 Å². The van der Waals surface area contributed by atoms with E-state index in [9.17, 15) is 14.9 Å². The second-order valence-electron chi connectivity index (χ2n) is 6.52. The number of fused-ring (bicyclic) bond motifs is 1. The van der Waals surface area contributed by atoms with Crippen molar-refractivity contribution in [3.05, 3.63) is 91.3 Å². The molecule has 0 fully saturated rings. The van der Waals surface area contributed by atoms with Gasteiger partial charge in [0.15, 0.2) is 0 Å². The number of thiophene rings is 1. The Balaban J connectivity index is 1.81. The number of hydrogen-bond acceptors (Lipinski definition) is 6. The lowest BCUT2D eigenvalue weighted by Crippen LogP contribution is -2.16. The summed E-state index contributed by atoms with van der Waals surface area (Å²) in [6.45, 7) is 3.64. The highest BCUT2D eigenvalue weighted by Crippen LogP contribution is 2.35. The van der Waals surface area contributed by atoms with Gasteiger partial charge in [0.1, 0.15) is 11.2 Å². The minimum Gasteiger partial charge on any atom is -0.267 e. The lowest BCUT2D eigenvalue weighted by Gasteiger charge is -2.03. The van der Waals surface area contributed by atoms with Crippen molar-refractivity contribution in [1.29, 1.82) is 0 Å². The topological polar surface area (TPSA) is 90.4 Å². The molecule has 0 atom stereocenters. The molecule has 0 radical (unpaired) electrons. The molecule has 0 amide bonds. The average Bonchev–Trinajstić information content (AvgIpc) is 3.05. The molecule has 0 unspecified atom stereocenters. The van der Waals surface area contributed by atoms with Crippen LogP contribution in [-0.2, 0) is 0 Å². The van der Waals surface area contributed by atoms with Crippen molar-refractivity contribution in [2.24, 2.45) is 5.10 Å². The van der Waals surface area contributed by atoms with Crippen LogP contribution >= 0.6 is 11.3 Å². The molecule has 0 saturated carbocycles. The molecule has 0 bridgehead atoms.